The van der Waals surface area contributed by atoms with Gasteiger partial charge in [-0.25, -0.2) is 9.07 Å². The van der Waals surface area contributed by atoms with Crippen LogP contribution in [0.2, 0.25) is 0 Å². The number of nitrogens with zero attached hydrogens (tertiary/aromatic N) is 4. The largest absolute Gasteiger partial charge is 0.493 e. The normalized spacial score (nSPS) is 11.8. The third-order valence-corrected chi connectivity index (χ3v) is 6.34. The molecule has 0 saturated heterocycles. The van der Waals surface area contributed by atoms with Crippen LogP contribution in [-0.2, 0) is 16.1 Å². The summed E-state index contributed by atoms with van der Waals surface area (Å²) in [5.41, 5.74) is 1.65. The number of amides is 2. The van der Waals surface area contributed by atoms with Gasteiger partial charge in [-0.2, -0.15) is 0 Å². The van der Waals surface area contributed by atoms with Gasteiger partial charge in [-0.15, -0.1) is 5.10 Å². The topological polar surface area (TPSA) is 98.6 Å². The highest BCUT2D eigenvalue weighted by Gasteiger charge is 2.35. The van der Waals surface area contributed by atoms with E-state index in [4.69, 9.17) is 9.47 Å². The number of fused-ring (bicyclic) bond motifs is 1. The van der Waals surface area contributed by atoms with Crippen molar-refractivity contribution in [1.29, 1.82) is 0 Å². The average Bonchev–Trinajstić information content (AvgIpc) is 3.34. The van der Waals surface area contributed by atoms with Gasteiger partial charge in [-0.3, -0.25) is 14.5 Å². The quantitative estimate of drug-likeness (QED) is 0.304. The Bertz CT molecular complexity index is 1450. The van der Waals surface area contributed by atoms with Gasteiger partial charge in [0.25, 0.3) is 0 Å². The first-order chi connectivity index (χ1) is 18.8. The maximum absolute atomic E-state index is 15.3. The molecular formula is C29H32FN5O4. The number of rotatable bonds is 11. The molecule has 204 valence electrons. The lowest BCUT2D eigenvalue weighted by Gasteiger charge is -2.32. The molecule has 0 aliphatic rings. The lowest BCUT2D eigenvalue weighted by Crippen LogP contribution is -2.46. The number of methoxy groups -OCH3 is 2. The number of halogens is 1. The van der Waals surface area contributed by atoms with Crippen molar-refractivity contribution in [2.24, 2.45) is 5.92 Å². The fraction of sp³-hybridized carbons (Fsp3) is 0.310. The Morgan fingerprint density at radius 2 is 1.72 bits per heavy atom. The van der Waals surface area contributed by atoms with Gasteiger partial charge in [-0.1, -0.05) is 49.4 Å². The van der Waals surface area contributed by atoms with E-state index in [0.717, 1.165) is 6.42 Å². The Balaban J connectivity index is 1.82. The monoisotopic (exact) mass is 533 g/mol. The van der Waals surface area contributed by atoms with Crippen molar-refractivity contribution in [3.05, 3.63) is 78.1 Å². The Morgan fingerprint density at radius 3 is 2.44 bits per heavy atom. The van der Waals surface area contributed by atoms with Crippen LogP contribution in [0.3, 0.4) is 0 Å². The van der Waals surface area contributed by atoms with Gasteiger partial charge in [0.2, 0.25) is 11.8 Å². The molecule has 39 heavy (non-hydrogen) atoms. The van der Waals surface area contributed by atoms with E-state index < -0.39 is 23.7 Å². The van der Waals surface area contributed by atoms with Crippen molar-refractivity contribution in [2.75, 3.05) is 25.7 Å². The second-order valence-corrected chi connectivity index (χ2v) is 9.44. The maximum Gasteiger partial charge on any atom is 0.249 e. The number of carbonyl (C=O) groups is 2. The first-order valence-electron chi connectivity index (χ1n) is 12.7. The SMILES string of the molecule is COc1ccc([C@H](C(=O)NCCC(C)C)N(C(=O)Cn2nnc3ccccc32)c2ccccc2F)cc1OC. The molecule has 0 aliphatic heterocycles. The average molecular weight is 534 g/mol. The minimum atomic E-state index is -1.21. The highest BCUT2D eigenvalue weighted by Crippen LogP contribution is 2.35. The zero-order chi connectivity index (χ0) is 27.9. The molecule has 1 N–H and O–H groups in total. The fourth-order valence-corrected chi connectivity index (χ4v) is 4.32. The number of para-hydroxylation sites is 2. The third-order valence-electron chi connectivity index (χ3n) is 6.34. The predicted molar refractivity (Wildman–Crippen MR) is 146 cm³/mol. The second-order valence-electron chi connectivity index (χ2n) is 9.44. The molecule has 0 aliphatic carbocycles. The molecule has 0 saturated carbocycles. The van der Waals surface area contributed by atoms with E-state index in [9.17, 15) is 9.59 Å². The minimum Gasteiger partial charge on any atom is -0.493 e. The van der Waals surface area contributed by atoms with E-state index in [2.05, 4.69) is 29.5 Å². The summed E-state index contributed by atoms with van der Waals surface area (Å²) in [4.78, 5) is 29.0. The van der Waals surface area contributed by atoms with Crippen LogP contribution < -0.4 is 19.7 Å². The van der Waals surface area contributed by atoms with E-state index >= 15 is 4.39 Å². The Kier molecular flexibility index (Phi) is 8.75. The van der Waals surface area contributed by atoms with Crippen molar-refractivity contribution in [3.63, 3.8) is 0 Å². The fourth-order valence-electron chi connectivity index (χ4n) is 4.32. The Hall–Kier alpha value is -4.47. The van der Waals surface area contributed by atoms with Crippen LogP contribution in [0.5, 0.6) is 11.5 Å². The first-order valence-corrected chi connectivity index (χ1v) is 12.7. The molecule has 9 nitrogen and oxygen atoms in total. The van der Waals surface area contributed by atoms with Crippen LogP contribution in [0.1, 0.15) is 31.9 Å². The second kappa shape index (κ2) is 12.4. The highest BCUT2D eigenvalue weighted by atomic mass is 19.1. The smallest absolute Gasteiger partial charge is 0.249 e. The predicted octanol–water partition coefficient (Wildman–Crippen LogP) is 4.52. The lowest BCUT2D eigenvalue weighted by atomic mass is 10.0. The molecule has 0 radical (unpaired) electrons. The van der Waals surface area contributed by atoms with Crippen LogP contribution in [-0.4, -0.2) is 47.6 Å². The zero-order valence-electron chi connectivity index (χ0n) is 22.4. The van der Waals surface area contributed by atoms with E-state index in [-0.39, 0.29) is 12.2 Å². The van der Waals surface area contributed by atoms with Crippen LogP contribution in [0.25, 0.3) is 11.0 Å². The van der Waals surface area contributed by atoms with E-state index in [0.29, 0.717) is 40.6 Å². The minimum absolute atomic E-state index is 0.0364. The molecule has 3 aromatic carbocycles. The lowest BCUT2D eigenvalue weighted by molar-refractivity contribution is -0.127. The van der Waals surface area contributed by atoms with Gasteiger partial charge in [0.1, 0.15) is 23.9 Å². The summed E-state index contributed by atoms with van der Waals surface area (Å²) in [6, 6.07) is 16.8. The standard InChI is InChI=1S/C29H32FN5O4/c1-19(2)15-16-31-29(37)28(20-13-14-25(38-3)26(17-20)39-4)35(23-11-7-5-9-21(23)30)27(36)18-34-24-12-8-6-10-22(24)32-33-34/h5-14,17,19,28H,15-16,18H2,1-4H3,(H,31,37)/t28-/m1/s1. The third kappa shape index (κ3) is 6.17. The number of hydrogen-bond acceptors (Lipinski definition) is 6. The summed E-state index contributed by atoms with van der Waals surface area (Å²) < 4.78 is 27.6. The summed E-state index contributed by atoms with van der Waals surface area (Å²) in [5, 5.41) is 11.2. The molecule has 4 aromatic rings. The number of carbonyl (C=O) groups excluding carboxylic acids is 2. The Morgan fingerprint density at radius 1 is 1.00 bits per heavy atom. The number of hydrogen-bond donors (Lipinski definition) is 1. The molecule has 4 rings (SSSR count). The van der Waals surface area contributed by atoms with Gasteiger partial charge < -0.3 is 14.8 Å². The zero-order valence-corrected chi connectivity index (χ0v) is 22.4. The molecule has 0 bridgehead atoms. The van der Waals surface area contributed by atoms with Gasteiger partial charge in [0.15, 0.2) is 11.5 Å². The summed E-state index contributed by atoms with van der Waals surface area (Å²) in [5.74, 6) is -0.460. The number of anilines is 1. The Labute approximate surface area is 226 Å². The van der Waals surface area contributed by atoms with Crippen molar-refractivity contribution in [2.45, 2.75) is 32.9 Å². The first kappa shape index (κ1) is 27.6. The molecule has 0 fully saturated rings. The summed E-state index contributed by atoms with van der Waals surface area (Å²) in [6.07, 6.45) is 0.739. The number of nitrogens with one attached hydrogen (secondary N) is 1. The summed E-state index contributed by atoms with van der Waals surface area (Å²) >= 11 is 0. The number of aromatic nitrogens is 3. The molecule has 1 heterocycles. The van der Waals surface area contributed by atoms with Gasteiger partial charge in [0, 0.05) is 6.54 Å². The van der Waals surface area contributed by atoms with Gasteiger partial charge in [-0.05, 0) is 54.3 Å². The highest BCUT2D eigenvalue weighted by molar-refractivity contribution is 6.01. The molecule has 10 heteroatoms. The van der Waals surface area contributed by atoms with E-state index in [1.807, 2.05) is 12.1 Å². The van der Waals surface area contributed by atoms with E-state index in [1.165, 1.54) is 42.0 Å². The molecule has 0 spiro atoms. The molecule has 1 atom stereocenters. The van der Waals surface area contributed by atoms with Crippen molar-refractivity contribution in [1.82, 2.24) is 20.3 Å². The molecular weight excluding hydrogens is 501 g/mol. The molecule has 1 aromatic heterocycles. The molecule has 2 amide bonds. The van der Waals surface area contributed by atoms with E-state index in [1.54, 1.807) is 36.4 Å². The van der Waals surface area contributed by atoms with Crippen molar-refractivity contribution >= 4 is 28.5 Å². The van der Waals surface area contributed by atoms with Crippen molar-refractivity contribution < 1.29 is 23.5 Å². The summed E-state index contributed by atoms with van der Waals surface area (Å²) in [6.45, 7) is 4.23. The van der Waals surface area contributed by atoms with Crippen molar-refractivity contribution in [3.8, 4) is 11.5 Å². The summed E-state index contributed by atoms with van der Waals surface area (Å²) in [7, 11) is 2.99. The van der Waals surface area contributed by atoms with Crippen LogP contribution in [0.4, 0.5) is 10.1 Å². The van der Waals surface area contributed by atoms with Crippen LogP contribution in [0.15, 0.2) is 66.7 Å². The van der Waals surface area contributed by atoms with Crippen LogP contribution in [0, 0.1) is 11.7 Å². The van der Waals surface area contributed by atoms with Crippen LogP contribution >= 0.6 is 0 Å². The number of ether oxygens (including phenoxy) is 2. The number of benzene rings is 3. The van der Waals surface area contributed by atoms with Gasteiger partial charge in [0.05, 0.1) is 25.4 Å². The van der Waals surface area contributed by atoms with Gasteiger partial charge >= 0.3 is 0 Å². The molecule has 0 unspecified atom stereocenters. The maximum atomic E-state index is 15.3.